The number of halogens is 6. The largest absolute Gasteiger partial charge is 0.573 e. The highest BCUT2D eigenvalue weighted by Crippen LogP contribution is 2.55. The van der Waals surface area contributed by atoms with Crippen molar-refractivity contribution in [3.63, 3.8) is 0 Å². The molecule has 0 bridgehead atoms. The number of rotatable bonds is 3. The molecule has 0 unspecified atom stereocenters. The molecule has 0 radical (unpaired) electrons. The second-order valence-corrected chi connectivity index (χ2v) is 10.4. The lowest BCUT2D eigenvalue weighted by atomic mass is 9.88. The van der Waals surface area contributed by atoms with E-state index >= 15 is 0 Å². The summed E-state index contributed by atoms with van der Waals surface area (Å²) in [5.41, 5.74) is -6.55. The molecule has 0 N–H and O–H groups in total. The van der Waals surface area contributed by atoms with E-state index in [2.05, 4.69) is 4.74 Å². The molecule has 0 spiro atoms. The van der Waals surface area contributed by atoms with E-state index in [1.807, 2.05) is 12.1 Å². The fraction of sp³-hybridized carbons (Fsp3) is 0.0556. The van der Waals surface area contributed by atoms with Crippen molar-refractivity contribution in [2.75, 3.05) is 0 Å². The molecule has 0 saturated carbocycles. The number of alkyl halides is 6. The van der Waals surface area contributed by atoms with Gasteiger partial charge in [-0.25, -0.2) is 0 Å². The van der Waals surface area contributed by atoms with Gasteiger partial charge in [0.25, 0.3) is 0 Å². The van der Waals surface area contributed by atoms with Crippen LogP contribution in [-0.2, 0) is 6.18 Å². The molecule has 51 heavy (non-hydrogen) atoms. The van der Waals surface area contributed by atoms with Crippen LogP contribution in [-0.4, -0.2) is 6.36 Å². The van der Waals surface area contributed by atoms with Gasteiger partial charge in [-0.1, -0.05) is 12.1 Å². The highest BCUT2D eigenvalue weighted by atomic mass is 19.4. The summed E-state index contributed by atoms with van der Waals surface area (Å²) in [6.07, 6.45) is -10.3. The molecule has 5 rings (SSSR count). The third kappa shape index (κ3) is 5.63. The maximum absolute atomic E-state index is 14.0. The first-order chi connectivity index (χ1) is 24.2. The quantitative estimate of drug-likeness (QED) is 0.195. The van der Waals surface area contributed by atoms with Crippen LogP contribution in [0.4, 0.5) is 26.3 Å². The molecule has 0 aliphatic heterocycles. The number of hydrogen-bond acceptors (Lipinski definition) is 9. The fourth-order valence-corrected chi connectivity index (χ4v) is 5.83. The standard InChI is InChI=1S/C36H8F6N8O/c37-35(38,39)29-5-17(1-3-19(29)9-43)31-27(15-49)23-7-24-26(8-25(23)33(31)21(11-45)12-46)34(22(13-47)14-48)32(28(24)16-50)18-2-4-20(10-44)30(6-18)51-36(40,41)42/h1-8H. The zero-order chi connectivity index (χ0) is 37.4. The van der Waals surface area contributed by atoms with Gasteiger partial charge in [0.1, 0.15) is 59.4 Å². The Morgan fingerprint density at radius 1 is 0.510 bits per heavy atom. The van der Waals surface area contributed by atoms with Crippen molar-refractivity contribution in [2.24, 2.45) is 0 Å². The molecule has 0 fully saturated rings. The van der Waals surface area contributed by atoms with Crippen molar-refractivity contribution < 1.29 is 31.1 Å². The topological polar surface area (TPSA) is 200 Å². The van der Waals surface area contributed by atoms with E-state index in [0.717, 1.165) is 30.3 Å². The van der Waals surface area contributed by atoms with Crippen molar-refractivity contribution >= 4 is 33.4 Å². The third-order valence-corrected chi connectivity index (χ3v) is 7.76. The minimum absolute atomic E-state index is 0.0634. The van der Waals surface area contributed by atoms with Gasteiger partial charge in [-0.15, -0.1) is 13.2 Å². The Bertz CT molecular complexity index is 2590. The van der Waals surface area contributed by atoms with Crippen LogP contribution >= 0.6 is 0 Å². The molecule has 0 aromatic heterocycles. The number of fused-ring (bicyclic) bond motifs is 2. The van der Waals surface area contributed by atoms with Crippen LogP contribution in [0.15, 0.2) is 59.7 Å². The Morgan fingerprint density at radius 3 is 1.33 bits per heavy atom. The third-order valence-electron chi connectivity index (χ3n) is 7.76. The number of nitriles is 8. The molecule has 3 aromatic carbocycles. The number of nitrogens with zero attached hydrogens (tertiary/aromatic N) is 8. The Hall–Kier alpha value is -8.08. The summed E-state index contributed by atoms with van der Waals surface area (Å²) in [5.74, 6) is -0.960. The maximum Gasteiger partial charge on any atom is 0.573 e. The molecular formula is C36H8F6N8O. The molecule has 0 amide bonds. The molecular weight excluding hydrogens is 674 g/mol. The van der Waals surface area contributed by atoms with Crippen LogP contribution in [0, 0.1) is 90.6 Å². The van der Waals surface area contributed by atoms with Gasteiger partial charge in [0, 0.05) is 33.4 Å². The summed E-state index contributed by atoms with van der Waals surface area (Å²) in [5, 5.41) is 79.0. The lowest BCUT2D eigenvalue weighted by Crippen LogP contribution is -2.18. The first-order valence-corrected chi connectivity index (χ1v) is 13.7. The first kappa shape index (κ1) is 34.3. The Balaban J connectivity index is 1.91. The Labute approximate surface area is 283 Å². The average Bonchev–Trinajstić information content (AvgIpc) is 3.58. The van der Waals surface area contributed by atoms with Crippen LogP contribution in [0.5, 0.6) is 5.75 Å². The first-order valence-electron chi connectivity index (χ1n) is 13.7. The second kappa shape index (κ2) is 12.5. The van der Waals surface area contributed by atoms with Gasteiger partial charge in [-0.2, -0.15) is 55.3 Å². The summed E-state index contributed by atoms with van der Waals surface area (Å²) >= 11 is 0. The van der Waals surface area contributed by atoms with Crippen LogP contribution in [0.2, 0.25) is 0 Å². The number of ether oxygens (including phenoxy) is 1. The highest BCUT2D eigenvalue weighted by molar-refractivity contribution is 6.29. The fourth-order valence-electron chi connectivity index (χ4n) is 5.83. The molecule has 0 atom stereocenters. The van der Waals surface area contributed by atoms with Crippen LogP contribution < -0.4 is 4.74 Å². The number of allylic oxidation sites excluding steroid dienone is 8. The van der Waals surface area contributed by atoms with Crippen LogP contribution in [0.1, 0.15) is 50.1 Å². The molecule has 3 aromatic rings. The van der Waals surface area contributed by atoms with E-state index < -0.39 is 46.1 Å². The highest BCUT2D eigenvalue weighted by Gasteiger charge is 2.40. The van der Waals surface area contributed by atoms with Crippen molar-refractivity contribution in [3.8, 4) is 54.3 Å². The Morgan fingerprint density at radius 2 is 0.941 bits per heavy atom. The van der Waals surface area contributed by atoms with Gasteiger partial charge in [0.05, 0.1) is 33.9 Å². The number of hydrogen-bond donors (Lipinski definition) is 0. The van der Waals surface area contributed by atoms with E-state index in [-0.39, 0.29) is 66.8 Å². The summed E-state index contributed by atoms with van der Waals surface area (Å²) in [4.78, 5) is 0. The summed E-state index contributed by atoms with van der Waals surface area (Å²) in [6, 6.07) is 21.2. The normalized spacial score (nSPS) is 12.9. The minimum Gasteiger partial charge on any atom is -0.404 e. The van der Waals surface area contributed by atoms with Gasteiger partial charge in [0.2, 0.25) is 0 Å². The molecule has 9 nitrogen and oxygen atoms in total. The van der Waals surface area contributed by atoms with Gasteiger partial charge in [-0.05, 0) is 58.7 Å². The van der Waals surface area contributed by atoms with Gasteiger partial charge in [0.15, 0.2) is 0 Å². The summed E-state index contributed by atoms with van der Waals surface area (Å²) < 4.78 is 85.6. The van der Waals surface area contributed by atoms with Gasteiger partial charge < -0.3 is 4.74 Å². The van der Waals surface area contributed by atoms with E-state index in [9.17, 15) is 68.4 Å². The van der Waals surface area contributed by atoms with Gasteiger partial charge >= 0.3 is 12.5 Å². The molecule has 2 aliphatic carbocycles. The number of benzene rings is 3. The van der Waals surface area contributed by atoms with Crippen molar-refractivity contribution in [3.05, 3.63) is 110 Å². The zero-order valence-corrected chi connectivity index (χ0v) is 24.9. The molecule has 240 valence electrons. The summed E-state index contributed by atoms with van der Waals surface area (Å²) in [6.45, 7) is 0. The van der Waals surface area contributed by atoms with Crippen molar-refractivity contribution in [1.29, 1.82) is 42.1 Å². The van der Waals surface area contributed by atoms with Gasteiger partial charge in [-0.3, -0.25) is 0 Å². The molecule has 0 heterocycles. The molecule has 0 saturated heterocycles. The van der Waals surface area contributed by atoms with Crippen LogP contribution in [0.25, 0.3) is 33.4 Å². The SMILES string of the molecule is N#CC(C#N)=C1C(c2ccc(C#N)c(OC(F)(F)F)c2)=C(C#N)c2cc3c(cc21)C(=C(C#N)C#N)C(c1ccc(C#N)c(C(F)(F)F)c1)=C3C#N. The van der Waals surface area contributed by atoms with E-state index in [1.54, 1.807) is 30.3 Å². The van der Waals surface area contributed by atoms with Crippen LogP contribution in [0.3, 0.4) is 0 Å². The lowest BCUT2D eigenvalue weighted by molar-refractivity contribution is -0.274. The average molecular weight is 683 g/mol. The maximum atomic E-state index is 14.0. The predicted molar refractivity (Wildman–Crippen MR) is 162 cm³/mol. The van der Waals surface area contributed by atoms with E-state index in [1.165, 1.54) is 18.2 Å². The predicted octanol–water partition coefficient (Wildman–Crippen LogP) is 7.84. The minimum atomic E-state index is -5.24. The lowest BCUT2D eigenvalue weighted by Gasteiger charge is -2.14. The Kier molecular flexibility index (Phi) is 8.40. The molecule has 15 heteroatoms. The van der Waals surface area contributed by atoms with E-state index in [0.29, 0.717) is 6.07 Å². The van der Waals surface area contributed by atoms with E-state index in [4.69, 9.17) is 0 Å². The molecule has 2 aliphatic rings. The zero-order valence-electron chi connectivity index (χ0n) is 24.9. The monoisotopic (exact) mass is 682 g/mol. The second-order valence-electron chi connectivity index (χ2n) is 10.4. The van der Waals surface area contributed by atoms with Crippen molar-refractivity contribution in [2.45, 2.75) is 12.5 Å². The van der Waals surface area contributed by atoms with Crippen molar-refractivity contribution in [1.82, 2.24) is 0 Å². The summed E-state index contributed by atoms with van der Waals surface area (Å²) in [7, 11) is 0. The smallest absolute Gasteiger partial charge is 0.404 e.